The molecule has 0 aromatic heterocycles. The smallest absolute Gasteiger partial charge is 0.252 e. The Bertz CT molecular complexity index is 488. The minimum absolute atomic E-state index is 0.0868. The number of halogens is 3. The summed E-state index contributed by atoms with van der Waals surface area (Å²) in [4.78, 5) is 14.2. The number of nitrogens with zero attached hydrogens (tertiary/aromatic N) is 1. The first-order valence-electron chi connectivity index (χ1n) is 6.11. The molecule has 1 fully saturated rings. The van der Waals surface area contributed by atoms with Crippen molar-refractivity contribution < 1.29 is 13.6 Å². The van der Waals surface area contributed by atoms with Crippen LogP contribution in [0.3, 0.4) is 0 Å². The van der Waals surface area contributed by atoms with E-state index >= 15 is 0 Å². The van der Waals surface area contributed by atoms with Gasteiger partial charge in [-0.25, -0.2) is 8.78 Å². The second kappa shape index (κ2) is 5.96. The van der Waals surface area contributed by atoms with Gasteiger partial charge in [0.05, 0.1) is 5.56 Å². The summed E-state index contributed by atoms with van der Waals surface area (Å²) in [6.45, 7) is 1.84. The molecule has 1 aromatic rings. The van der Waals surface area contributed by atoms with Crippen molar-refractivity contribution in [3.8, 4) is 0 Å². The third-order valence-electron chi connectivity index (χ3n) is 3.31. The zero-order valence-electron chi connectivity index (χ0n) is 10.5. The molecule has 0 unspecified atom stereocenters. The van der Waals surface area contributed by atoms with E-state index in [0.29, 0.717) is 0 Å². The lowest BCUT2D eigenvalue weighted by Crippen LogP contribution is -2.43. The molecule has 2 rings (SSSR count). The Hall–Kier alpha value is -1.01. The van der Waals surface area contributed by atoms with Crippen LogP contribution < -0.4 is 5.32 Å². The molecular weight excluding hydrogens is 318 g/mol. The van der Waals surface area contributed by atoms with Gasteiger partial charge < -0.3 is 10.2 Å². The molecule has 3 nitrogen and oxygen atoms in total. The van der Waals surface area contributed by atoms with Crippen LogP contribution in [0.2, 0.25) is 0 Å². The number of rotatable bonds is 2. The molecular formula is C13H15BrF2N2O. The van der Waals surface area contributed by atoms with Gasteiger partial charge in [0.2, 0.25) is 0 Å². The van der Waals surface area contributed by atoms with Crippen LogP contribution in [0.1, 0.15) is 23.2 Å². The minimum Gasteiger partial charge on any atom is -0.349 e. The van der Waals surface area contributed by atoms with Crippen molar-refractivity contribution >= 4 is 21.8 Å². The molecule has 0 radical (unpaired) electrons. The zero-order valence-corrected chi connectivity index (χ0v) is 12.1. The Labute approximate surface area is 119 Å². The number of piperidine rings is 1. The van der Waals surface area contributed by atoms with E-state index in [9.17, 15) is 13.6 Å². The van der Waals surface area contributed by atoms with Gasteiger partial charge in [0, 0.05) is 10.5 Å². The van der Waals surface area contributed by atoms with Crippen LogP contribution in [0.15, 0.2) is 16.6 Å². The molecule has 1 heterocycles. The molecule has 0 spiro atoms. The number of hydrogen-bond acceptors (Lipinski definition) is 2. The van der Waals surface area contributed by atoms with E-state index in [2.05, 4.69) is 26.1 Å². The Morgan fingerprint density at radius 3 is 2.53 bits per heavy atom. The zero-order chi connectivity index (χ0) is 14.0. The number of benzene rings is 1. The SMILES string of the molecule is CN1CCC(NC(=O)c2cc(F)c(F)cc2Br)CC1. The fraction of sp³-hybridized carbons (Fsp3) is 0.462. The summed E-state index contributed by atoms with van der Waals surface area (Å²) < 4.78 is 26.4. The van der Waals surface area contributed by atoms with Gasteiger partial charge in [-0.2, -0.15) is 0 Å². The maximum absolute atomic E-state index is 13.2. The molecule has 1 aromatic carbocycles. The van der Waals surface area contributed by atoms with Gasteiger partial charge >= 0.3 is 0 Å². The summed E-state index contributed by atoms with van der Waals surface area (Å²) in [5.74, 6) is -2.36. The van der Waals surface area contributed by atoms with Gasteiger partial charge in [0.1, 0.15) is 0 Å². The first-order chi connectivity index (χ1) is 8.97. The second-order valence-electron chi connectivity index (χ2n) is 4.80. The Morgan fingerprint density at radius 1 is 1.32 bits per heavy atom. The van der Waals surface area contributed by atoms with Crippen molar-refractivity contribution in [2.75, 3.05) is 20.1 Å². The molecule has 0 bridgehead atoms. The quantitative estimate of drug-likeness (QED) is 0.844. The highest BCUT2D eigenvalue weighted by atomic mass is 79.9. The number of amides is 1. The predicted octanol–water partition coefficient (Wildman–Crippen LogP) is 2.55. The molecule has 1 aliphatic rings. The van der Waals surface area contributed by atoms with E-state index in [0.717, 1.165) is 38.1 Å². The van der Waals surface area contributed by atoms with Gasteiger partial charge in [-0.15, -0.1) is 0 Å². The molecule has 19 heavy (non-hydrogen) atoms. The van der Waals surface area contributed by atoms with Crippen LogP contribution in [0.4, 0.5) is 8.78 Å². The standard InChI is InChI=1S/C13H15BrF2N2O/c1-18-4-2-8(3-5-18)17-13(19)9-6-11(15)12(16)7-10(9)14/h6-8H,2-5H2,1H3,(H,17,19). The monoisotopic (exact) mass is 332 g/mol. The van der Waals surface area contributed by atoms with Crippen molar-refractivity contribution in [2.45, 2.75) is 18.9 Å². The van der Waals surface area contributed by atoms with E-state index < -0.39 is 11.6 Å². The fourth-order valence-corrected chi connectivity index (χ4v) is 2.61. The van der Waals surface area contributed by atoms with Crippen molar-refractivity contribution in [2.24, 2.45) is 0 Å². The van der Waals surface area contributed by atoms with Crippen LogP contribution in [0.5, 0.6) is 0 Å². The first kappa shape index (κ1) is 14.4. The van der Waals surface area contributed by atoms with Crippen LogP contribution in [0, 0.1) is 11.6 Å². The number of carbonyl (C=O) groups is 1. The minimum atomic E-state index is -1.02. The highest BCUT2D eigenvalue weighted by Crippen LogP contribution is 2.21. The van der Waals surface area contributed by atoms with Crippen LogP contribution >= 0.6 is 15.9 Å². The van der Waals surface area contributed by atoms with Crippen molar-refractivity contribution in [1.82, 2.24) is 10.2 Å². The van der Waals surface area contributed by atoms with E-state index in [1.54, 1.807) is 0 Å². The summed E-state index contributed by atoms with van der Waals surface area (Å²) in [6, 6.07) is 1.98. The van der Waals surface area contributed by atoms with Crippen LogP contribution in [-0.2, 0) is 0 Å². The molecule has 1 aliphatic heterocycles. The summed E-state index contributed by atoms with van der Waals surface area (Å²) in [5.41, 5.74) is 0.123. The van der Waals surface area contributed by atoms with Gasteiger partial charge in [-0.05, 0) is 61.0 Å². The van der Waals surface area contributed by atoms with Crippen LogP contribution in [0.25, 0.3) is 0 Å². The van der Waals surface area contributed by atoms with E-state index in [1.165, 1.54) is 0 Å². The lowest BCUT2D eigenvalue weighted by atomic mass is 10.0. The van der Waals surface area contributed by atoms with Gasteiger partial charge in [-0.3, -0.25) is 4.79 Å². The Morgan fingerprint density at radius 2 is 1.89 bits per heavy atom. The largest absolute Gasteiger partial charge is 0.349 e. The highest BCUT2D eigenvalue weighted by Gasteiger charge is 2.21. The fourth-order valence-electron chi connectivity index (χ4n) is 2.11. The topological polar surface area (TPSA) is 32.3 Å². The molecule has 0 aliphatic carbocycles. The number of likely N-dealkylation sites (tertiary alicyclic amines) is 1. The molecule has 1 N–H and O–H groups in total. The van der Waals surface area contributed by atoms with E-state index in [4.69, 9.17) is 0 Å². The van der Waals surface area contributed by atoms with Gasteiger partial charge in [-0.1, -0.05) is 0 Å². The molecule has 1 saturated heterocycles. The number of carbonyl (C=O) groups excluding carboxylic acids is 1. The maximum Gasteiger partial charge on any atom is 0.252 e. The van der Waals surface area contributed by atoms with Gasteiger partial charge in [0.25, 0.3) is 5.91 Å². The summed E-state index contributed by atoms with van der Waals surface area (Å²) in [6.07, 6.45) is 1.73. The second-order valence-corrected chi connectivity index (χ2v) is 5.65. The van der Waals surface area contributed by atoms with E-state index in [1.807, 2.05) is 7.05 Å². The lowest BCUT2D eigenvalue weighted by molar-refractivity contribution is 0.0915. The highest BCUT2D eigenvalue weighted by molar-refractivity contribution is 9.10. The average molecular weight is 333 g/mol. The number of nitrogens with one attached hydrogen (secondary N) is 1. The third kappa shape index (κ3) is 3.51. The molecule has 0 saturated carbocycles. The van der Waals surface area contributed by atoms with Crippen molar-refractivity contribution in [3.05, 3.63) is 33.8 Å². The van der Waals surface area contributed by atoms with Crippen molar-refractivity contribution in [3.63, 3.8) is 0 Å². The Balaban J connectivity index is 2.06. The third-order valence-corrected chi connectivity index (χ3v) is 3.96. The average Bonchev–Trinajstić information content (AvgIpc) is 2.36. The first-order valence-corrected chi connectivity index (χ1v) is 6.90. The van der Waals surface area contributed by atoms with E-state index in [-0.39, 0.29) is 22.0 Å². The van der Waals surface area contributed by atoms with Crippen LogP contribution in [-0.4, -0.2) is 37.0 Å². The number of hydrogen-bond donors (Lipinski definition) is 1. The molecule has 104 valence electrons. The summed E-state index contributed by atoms with van der Waals surface area (Å²) in [7, 11) is 2.03. The molecule has 0 atom stereocenters. The molecule has 6 heteroatoms. The van der Waals surface area contributed by atoms with Gasteiger partial charge in [0.15, 0.2) is 11.6 Å². The Kier molecular flexibility index (Phi) is 4.52. The normalized spacial score (nSPS) is 17.5. The summed E-state index contributed by atoms with van der Waals surface area (Å²) in [5, 5.41) is 2.86. The summed E-state index contributed by atoms with van der Waals surface area (Å²) >= 11 is 3.08. The predicted molar refractivity (Wildman–Crippen MR) is 72.0 cm³/mol. The maximum atomic E-state index is 13.2. The molecule has 1 amide bonds. The van der Waals surface area contributed by atoms with Crippen molar-refractivity contribution in [1.29, 1.82) is 0 Å². The lowest BCUT2D eigenvalue weighted by Gasteiger charge is -2.29.